The molecule has 0 unspecified atom stereocenters. The van der Waals surface area contributed by atoms with Crippen LogP contribution in [0.15, 0.2) is 75.6 Å². The predicted octanol–water partition coefficient (Wildman–Crippen LogP) is -6.34. The standard InChI is InChI=1S/C69H111N23O16S2/c1-6-38(3)55(90-60(102)45(23-16-28-79-68(74)75)84-52(95)34-81-51(94)33-82-59(101)47(30-41-18-10-8-11-19-41)86-57(99)40(5)83-58(100)44(71)36-109)64(106)87-48(32-54(97)98)62(104)85-46(24-17-29-80-69(76)77)61(103)91-56(39(4)7-2)65(107)89-50(37-110)63(105)88-49(31-42-20-12-9-13-21-42)66(108)92(53(96)25-14-26-70)43(35-93)22-15-27-78-67(72)73/h8-13,18-21,35,38-40,43-50,55-56,109-110H,6-7,14-17,22-34,36-37,70-71H2,1-5H3,(H,81,94)(H,82,101)(H,83,100)(H,84,95)(H,85,104)(H,86,99)(H,87,106)(H,88,105)(H,89,107)(H,90,102)(H,91,103)(H,97,98)(H4,72,73,78)(H4,74,75,79)(H4,76,77,80)/t38-,39-,40+,43-,44-,45-,46-,47-,48-,49-,50-,55-,56-/m0/s1. The molecule has 0 aliphatic rings. The van der Waals surface area contributed by atoms with Crippen molar-refractivity contribution in [2.24, 2.45) is 72.7 Å². The topological polar surface area (TPSA) is 657 Å². The maximum absolute atomic E-state index is 14.7. The number of nitrogens with one attached hydrogen (secondary N) is 11. The third-order valence-electron chi connectivity index (χ3n) is 17.1. The zero-order valence-electron chi connectivity index (χ0n) is 62.6. The molecule has 2 aromatic rings. The Labute approximate surface area is 649 Å². The highest BCUT2D eigenvalue weighted by atomic mass is 32.1. The molecule has 13 amide bonds. The van der Waals surface area contributed by atoms with Crippen molar-refractivity contribution in [3.63, 3.8) is 0 Å². The van der Waals surface area contributed by atoms with Gasteiger partial charge in [-0.1, -0.05) is 101 Å². The van der Waals surface area contributed by atoms with Crippen molar-refractivity contribution in [2.75, 3.05) is 50.8 Å². The van der Waals surface area contributed by atoms with E-state index < -0.39 is 186 Å². The van der Waals surface area contributed by atoms with Crippen LogP contribution in [0.5, 0.6) is 0 Å². The Kier molecular flexibility index (Phi) is 44.8. The van der Waals surface area contributed by atoms with Gasteiger partial charge in [-0.05, 0) is 81.4 Å². The van der Waals surface area contributed by atoms with Gasteiger partial charge in [-0.3, -0.25) is 87.0 Å². The van der Waals surface area contributed by atoms with Crippen molar-refractivity contribution >= 4 is 132 Å². The van der Waals surface area contributed by atoms with Crippen LogP contribution in [0.2, 0.25) is 0 Å². The number of aliphatic carboxylic acids is 1. The highest BCUT2D eigenvalue weighted by molar-refractivity contribution is 7.80. The second-order valence-electron chi connectivity index (χ2n) is 25.9. The largest absolute Gasteiger partial charge is 0.481 e. The van der Waals surface area contributed by atoms with E-state index in [0.717, 1.165) is 4.90 Å². The molecule has 0 fully saturated rings. The Morgan fingerprint density at radius 2 is 0.909 bits per heavy atom. The van der Waals surface area contributed by atoms with Crippen LogP contribution in [0.25, 0.3) is 0 Å². The minimum atomic E-state index is -1.98. The zero-order chi connectivity index (χ0) is 82.6. The molecule has 0 saturated carbocycles. The van der Waals surface area contributed by atoms with Crippen molar-refractivity contribution in [2.45, 2.75) is 185 Å². The third kappa shape index (κ3) is 36.0. The molecule has 0 saturated heterocycles. The number of thiol groups is 2. The molecule has 0 radical (unpaired) electrons. The van der Waals surface area contributed by atoms with E-state index in [1.165, 1.54) is 6.92 Å². The van der Waals surface area contributed by atoms with Gasteiger partial charge in [0.25, 0.3) is 5.91 Å². The zero-order valence-corrected chi connectivity index (χ0v) is 64.4. The lowest BCUT2D eigenvalue weighted by Gasteiger charge is -2.32. The van der Waals surface area contributed by atoms with E-state index in [4.69, 9.17) is 45.9 Å². The van der Waals surface area contributed by atoms with E-state index in [-0.39, 0.29) is 127 Å². The number of carbonyl (C=O) groups is 15. The molecule has 41 heteroatoms. The summed E-state index contributed by atoms with van der Waals surface area (Å²) in [5, 5.41) is 37.6. The number of carboxylic acid groups (broad SMARTS) is 1. The first-order chi connectivity index (χ1) is 52.1. The highest BCUT2D eigenvalue weighted by Gasteiger charge is 2.40. The first kappa shape index (κ1) is 95.4. The van der Waals surface area contributed by atoms with Gasteiger partial charge in [0.2, 0.25) is 70.9 Å². The van der Waals surface area contributed by atoms with Crippen molar-refractivity contribution in [1.29, 1.82) is 0 Å². The fraction of sp³-hybridized carbons (Fsp3) is 0.565. The average Bonchev–Trinajstić information content (AvgIpc) is 0.812. The van der Waals surface area contributed by atoms with Crippen LogP contribution in [0.3, 0.4) is 0 Å². The number of benzene rings is 2. The minimum Gasteiger partial charge on any atom is -0.481 e. The summed E-state index contributed by atoms with van der Waals surface area (Å²) < 4.78 is 0. The number of carboxylic acids is 1. The number of hydrogen-bond donors (Lipinski definition) is 22. The Morgan fingerprint density at radius 1 is 0.482 bits per heavy atom. The quantitative estimate of drug-likeness (QED) is 0.00963. The van der Waals surface area contributed by atoms with E-state index in [0.29, 0.717) is 17.4 Å². The van der Waals surface area contributed by atoms with Gasteiger partial charge in [0.1, 0.15) is 60.7 Å². The van der Waals surface area contributed by atoms with Gasteiger partial charge in [0.05, 0.1) is 31.6 Å². The van der Waals surface area contributed by atoms with Gasteiger partial charge in [0, 0.05) is 50.4 Å². The van der Waals surface area contributed by atoms with Crippen LogP contribution in [-0.2, 0) is 84.8 Å². The van der Waals surface area contributed by atoms with Gasteiger partial charge in [-0.15, -0.1) is 0 Å². The fourth-order valence-electron chi connectivity index (χ4n) is 10.5. The lowest BCUT2D eigenvalue weighted by molar-refractivity contribution is -0.152. The van der Waals surface area contributed by atoms with Crippen molar-refractivity contribution in [3.05, 3.63) is 71.8 Å². The maximum atomic E-state index is 14.7. The SMILES string of the molecule is CC[C@H](C)[C@H](NC(=O)[C@H](CCCN=C(N)N)NC(=O)CNC(=O)CNC(=O)[C@H](Cc1ccccc1)NC(=O)[C@@H](C)NC(=O)[C@@H](N)CS)C(=O)N[C@@H](CC(=O)O)C(=O)N[C@@H](CCCN=C(N)N)C(=O)N[C@H](C(=O)N[C@@H](CS)C(=O)N[C@@H](Cc1ccccc1)C(=O)N(C(=O)CCCN)[C@H](C=O)CCCN=C(N)N)[C@@H](C)CC. The number of aldehydes is 1. The number of nitrogens with zero attached hydrogens (tertiary/aromatic N) is 4. The maximum Gasteiger partial charge on any atom is 0.305 e. The molecule has 28 N–H and O–H groups in total. The lowest BCUT2D eigenvalue weighted by atomic mass is 9.96. The molecule has 0 aliphatic carbocycles. The molecular formula is C69H111N23O16S2. The average molecular weight is 1580 g/mol. The predicted molar refractivity (Wildman–Crippen MR) is 416 cm³/mol. The first-order valence-electron chi connectivity index (χ1n) is 35.9. The number of rotatable bonds is 52. The summed E-state index contributed by atoms with van der Waals surface area (Å²) in [4.78, 5) is 219. The number of hydrogen-bond acceptors (Lipinski definition) is 22. The molecule has 39 nitrogen and oxygen atoms in total. The normalized spacial score (nSPS) is 14.4. The fourth-order valence-corrected chi connectivity index (χ4v) is 11.0. The van der Waals surface area contributed by atoms with Crippen LogP contribution >= 0.6 is 25.3 Å². The highest BCUT2D eigenvalue weighted by Crippen LogP contribution is 2.18. The summed E-state index contributed by atoms with van der Waals surface area (Å²) in [6.45, 7) is 6.36. The van der Waals surface area contributed by atoms with Crippen molar-refractivity contribution < 1.29 is 77.0 Å². The first-order valence-corrected chi connectivity index (χ1v) is 37.1. The van der Waals surface area contributed by atoms with Gasteiger partial charge in [-0.25, -0.2) is 0 Å². The van der Waals surface area contributed by atoms with E-state index in [1.807, 2.05) is 0 Å². The number of nitrogens with two attached hydrogens (primary N) is 8. The summed E-state index contributed by atoms with van der Waals surface area (Å²) in [7, 11) is 0. The second-order valence-corrected chi connectivity index (χ2v) is 26.6. The van der Waals surface area contributed by atoms with Crippen molar-refractivity contribution in [3.8, 4) is 0 Å². The molecule has 0 bridgehead atoms. The minimum absolute atomic E-state index is 0.00570. The van der Waals surface area contributed by atoms with E-state index >= 15 is 0 Å². The van der Waals surface area contributed by atoms with Gasteiger partial charge in [-0.2, -0.15) is 25.3 Å². The monoisotopic (exact) mass is 1580 g/mol. The number of amides is 13. The number of aliphatic imine (C=N–C) groups is 3. The van der Waals surface area contributed by atoms with E-state index in [2.05, 4.69) is 98.7 Å². The molecule has 0 spiro atoms. The lowest BCUT2D eigenvalue weighted by Crippen LogP contribution is -2.62. The van der Waals surface area contributed by atoms with E-state index in [1.54, 1.807) is 88.4 Å². The molecule has 2 aromatic carbocycles. The Balaban J connectivity index is 2.47. The molecule has 610 valence electrons. The summed E-state index contributed by atoms with van der Waals surface area (Å²) in [6.07, 6.45) is -0.930. The molecular weight excluding hydrogens is 1470 g/mol. The molecule has 0 aromatic heterocycles. The number of carbonyl (C=O) groups excluding carboxylic acids is 14. The number of imide groups is 1. The summed E-state index contributed by atoms with van der Waals surface area (Å²) in [6, 6.07) is 0.953. The Bertz CT molecular complexity index is 3480. The second kappa shape index (κ2) is 51.6. The Hall–Kier alpha value is -10.7. The molecule has 0 aliphatic heterocycles. The van der Waals surface area contributed by atoms with Gasteiger partial charge in [0.15, 0.2) is 17.9 Å². The Morgan fingerprint density at radius 3 is 1.36 bits per heavy atom. The molecule has 0 heterocycles. The molecule has 2 rings (SSSR count). The van der Waals surface area contributed by atoms with Gasteiger partial charge >= 0.3 is 5.97 Å². The number of guanidine groups is 3. The summed E-state index contributed by atoms with van der Waals surface area (Å²) in [5.74, 6) is -16.3. The summed E-state index contributed by atoms with van der Waals surface area (Å²) >= 11 is 8.34. The van der Waals surface area contributed by atoms with Gasteiger partial charge < -0.3 is 114 Å². The summed E-state index contributed by atoms with van der Waals surface area (Å²) in [5.41, 5.74) is 45.7. The third-order valence-corrected chi connectivity index (χ3v) is 17.9. The molecule has 110 heavy (non-hydrogen) atoms. The smallest absolute Gasteiger partial charge is 0.305 e. The van der Waals surface area contributed by atoms with Crippen LogP contribution in [0.1, 0.15) is 116 Å². The van der Waals surface area contributed by atoms with Crippen LogP contribution in [0, 0.1) is 11.8 Å². The van der Waals surface area contributed by atoms with Crippen LogP contribution in [0.4, 0.5) is 0 Å². The van der Waals surface area contributed by atoms with Crippen LogP contribution < -0.4 is 104 Å². The van der Waals surface area contributed by atoms with Crippen LogP contribution in [-0.4, -0.2) is 234 Å². The molecule has 13 atom stereocenters. The van der Waals surface area contributed by atoms with Crippen molar-refractivity contribution in [1.82, 2.24) is 63.4 Å². The van der Waals surface area contributed by atoms with E-state index in [9.17, 15) is 77.0 Å².